The molecular formula is C10H6N4O2. The minimum absolute atomic E-state index is 0.0899. The van der Waals surface area contributed by atoms with Gasteiger partial charge >= 0.3 is 6.04 Å². The van der Waals surface area contributed by atoms with E-state index in [-0.39, 0.29) is 11.4 Å². The number of nitro benzene ring substituents is 1. The van der Waals surface area contributed by atoms with Gasteiger partial charge in [-0.1, -0.05) is 0 Å². The summed E-state index contributed by atoms with van der Waals surface area (Å²) in [5.41, 5.74) is 0.105. The fourth-order valence-corrected chi connectivity index (χ4v) is 1.08. The van der Waals surface area contributed by atoms with Crippen LogP contribution in [-0.4, -0.2) is 16.7 Å². The van der Waals surface area contributed by atoms with Gasteiger partial charge in [0.15, 0.2) is 6.07 Å². The number of nitrogens with zero attached hydrogens (tertiary/aromatic N) is 3. The standard InChI is InChI=1S/C10H6N4O2/c1-13-9(6-11)10(12)7-2-4-8(5-3-7)14(15)16/h2-5,9,12H. The summed E-state index contributed by atoms with van der Waals surface area (Å²) in [6.07, 6.45) is 0. The van der Waals surface area contributed by atoms with Gasteiger partial charge in [-0.3, -0.25) is 20.4 Å². The Kier molecular flexibility index (Phi) is 3.31. The molecule has 0 bridgehead atoms. The Labute approximate surface area is 91.2 Å². The SMILES string of the molecule is [C-]#[N+]C(C#N)C(=N)c1ccc([N+](=O)[O-])cc1. The van der Waals surface area contributed by atoms with Crippen molar-refractivity contribution in [3.05, 3.63) is 51.4 Å². The molecule has 0 aliphatic heterocycles. The van der Waals surface area contributed by atoms with Crippen molar-refractivity contribution in [1.82, 2.24) is 0 Å². The Morgan fingerprint density at radius 1 is 1.56 bits per heavy atom. The molecule has 0 amide bonds. The molecular weight excluding hydrogens is 208 g/mol. The van der Waals surface area contributed by atoms with Gasteiger partial charge in [0, 0.05) is 17.7 Å². The summed E-state index contributed by atoms with van der Waals surface area (Å²) in [7, 11) is 0. The summed E-state index contributed by atoms with van der Waals surface area (Å²) in [4.78, 5) is 12.8. The zero-order chi connectivity index (χ0) is 12.1. The number of benzene rings is 1. The third kappa shape index (κ3) is 2.20. The van der Waals surface area contributed by atoms with Crippen molar-refractivity contribution in [1.29, 1.82) is 10.7 Å². The van der Waals surface area contributed by atoms with E-state index < -0.39 is 11.0 Å². The van der Waals surface area contributed by atoms with Crippen molar-refractivity contribution in [3.63, 3.8) is 0 Å². The van der Waals surface area contributed by atoms with E-state index in [9.17, 15) is 10.1 Å². The van der Waals surface area contributed by atoms with Gasteiger partial charge < -0.3 is 0 Å². The number of hydrogen-bond acceptors (Lipinski definition) is 4. The van der Waals surface area contributed by atoms with E-state index in [1.54, 1.807) is 6.07 Å². The molecule has 1 atom stereocenters. The fraction of sp³-hybridized carbons (Fsp3) is 0.100. The highest BCUT2D eigenvalue weighted by atomic mass is 16.6. The summed E-state index contributed by atoms with van der Waals surface area (Å²) in [6, 6.07) is 5.70. The summed E-state index contributed by atoms with van der Waals surface area (Å²) in [5.74, 6) is 0. The van der Waals surface area contributed by atoms with Crippen molar-refractivity contribution >= 4 is 11.4 Å². The summed E-state index contributed by atoms with van der Waals surface area (Å²) >= 11 is 0. The van der Waals surface area contributed by atoms with E-state index >= 15 is 0 Å². The highest BCUT2D eigenvalue weighted by molar-refractivity contribution is 6.05. The molecule has 6 nitrogen and oxygen atoms in total. The molecule has 1 rings (SSSR count). The van der Waals surface area contributed by atoms with Gasteiger partial charge in [-0.25, -0.2) is 6.57 Å². The topological polar surface area (TPSA) is 95.1 Å². The molecule has 0 aliphatic carbocycles. The van der Waals surface area contributed by atoms with Gasteiger partial charge in [0.2, 0.25) is 0 Å². The molecule has 0 fully saturated rings. The number of nitrogens with one attached hydrogen (secondary N) is 1. The third-order valence-corrected chi connectivity index (χ3v) is 1.91. The molecule has 0 aromatic heterocycles. The number of non-ortho nitro benzene ring substituents is 1. The second kappa shape index (κ2) is 4.67. The number of hydrogen-bond donors (Lipinski definition) is 1. The molecule has 1 unspecified atom stereocenters. The number of nitriles is 1. The van der Waals surface area contributed by atoms with Crippen molar-refractivity contribution < 1.29 is 4.92 Å². The Bertz CT molecular complexity index is 493. The molecule has 1 aromatic carbocycles. The Morgan fingerprint density at radius 3 is 2.50 bits per heavy atom. The van der Waals surface area contributed by atoms with Crippen molar-refractivity contribution in [2.24, 2.45) is 0 Å². The van der Waals surface area contributed by atoms with E-state index in [0.717, 1.165) is 0 Å². The van der Waals surface area contributed by atoms with Crippen LogP contribution in [0.25, 0.3) is 4.85 Å². The van der Waals surface area contributed by atoms with Crippen LogP contribution < -0.4 is 0 Å². The first-order chi connectivity index (χ1) is 7.60. The second-order valence-corrected chi connectivity index (χ2v) is 2.88. The zero-order valence-electron chi connectivity index (χ0n) is 8.04. The van der Waals surface area contributed by atoms with E-state index in [4.69, 9.17) is 17.2 Å². The van der Waals surface area contributed by atoms with Crippen LogP contribution in [0.5, 0.6) is 0 Å². The van der Waals surface area contributed by atoms with Crippen molar-refractivity contribution in [3.8, 4) is 6.07 Å². The van der Waals surface area contributed by atoms with Gasteiger partial charge in [0.1, 0.15) is 5.71 Å². The first kappa shape index (κ1) is 11.3. The predicted molar refractivity (Wildman–Crippen MR) is 55.9 cm³/mol. The quantitative estimate of drug-likeness (QED) is 0.359. The van der Waals surface area contributed by atoms with Crippen LogP contribution >= 0.6 is 0 Å². The number of nitro groups is 1. The van der Waals surface area contributed by atoms with E-state index in [1.807, 2.05) is 0 Å². The highest BCUT2D eigenvalue weighted by Crippen LogP contribution is 2.13. The van der Waals surface area contributed by atoms with Crippen LogP contribution in [0.15, 0.2) is 24.3 Å². The maximum atomic E-state index is 10.4. The molecule has 78 valence electrons. The van der Waals surface area contributed by atoms with Crippen molar-refractivity contribution in [2.45, 2.75) is 6.04 Å². The molecule has 0 saturated heterocycles. The average molecular weight is 214 g/mol. The lowest BCUT2D eigenvalue weighted by molar-refractivity contribution is -0.384. The zero-order valence-corrected chi connectivity index (χ0v) is 8.04. The molecule has 1 N–H and O–H groups in total. The summed E-state index contributed by atoms with van der Waals surface area (Å²) in [6.45, 7) is 6.70. The average Bonchev–Trinajstić information content (AvgIpc) is 2.30. The summed E-state index contributed by atoms with van der Waals surface area (Å²) < 4.78 is 0. The van der Waals surface area contributed by atoms with Gasteiger partial charge in [0.25, 0.3) is 5.69 Å². The smallest absolute Gasteiger partial charge is 0.296 e. The van der Waals surface area contributed by atoms with Crippen LogP contribution in [0.1, 0.15) is 5.56 Å². The van der Waals surface area contributed by atoms with Gasteiger partial charge in [-0.05, 0) is 12.1 Å². The minimum atomic E-state index is -1.17. The van der Waals surface area contributed by atoms with Gasteiger partial charge in [-0.2, -0.15) is 5.26 Å². The number of rotatable bonds is 3. The molecule has 0 heterocycles. The Hall–Kier alpha value is -2.73. The third-order valence-electron chi connectivity index (χ3n) is 1.91. The molecule has 0 spiro atoms. The first-order valence-electron chi connectivity index (χ1n) is 4.19. The highest BCUT2D eigenvalue weighted by Gasteiger charge is 2.20. The lowest BCUT2D eigenvalue weighted by Gasteiger charge is -2.00. The maximum Gasteiger partial charge on any atom is 0.348 e. The lowest BCUT2D eigenvalue weighted by atomic mass is 10.0. The maximum absolute atomic E-state index is 10.4. The van der Waals surface area contributed by atoms with Gasteiger partial charge in [0.05, 0.1) is 4.92 Å². The second-order valence-electron chi connectivity index (χ2n) is 2.88. The largest absolute Gasteiger partial charge is 0.348 e. The Morgan fingerprint density at radius 2 is 2.12 bits per heavy atom. The molecule has 0 aliphatic rings. The summed E-state index contributed by atoms with van der Waals surface area (Å²) in [5, 5.41) is 26.5. The Balaban J connectivity index is 3.00. The van der Waals surface area contributed by atoms with Crippen LogP contribution in [-0.2, 0) is 0 Å². The van der Waals surface area contributed by atoms with Gasteiger partial charge in [-0.15, -0.1) is 0 Å². The van der Waals surface area contributed by atoms with Crippen LogP contribution in [0, 0.1) is 33.4 Å². The normalized spacial score (nSPS) is 10.9. The molecule has 1 aromatic rings. The van der Waals surface area contributed by atoms with Crippen LogP contribution in [0.2, 0.25) is 0 Å². The predicted octanol–water partition coefficient (Wildman–Crippen LogP) is 1.77. The van der Waals surface area contributed by atoms with E-state index in [2.05, 4.69) is 4.85 Å². The first-order valence-corrected chi connectivity index (χ1v) is 4.19. The minimum Gasteiger partial charge on any atom is -0.296 e. The fourth-order valence-electron chi connectivity index (χ4n) is 1.08. The van der Waals surface area contributed by atoms with Crippen LogP contribution in [0.3, 0.4) is 0 Å². The van der Waals surface area contributed by atoms with Crippen molar-refractivity contribution in [2.75, 3.05) is 0 Å². The molecule has 16 heavy (non-hydrogen) atoms. The molecule has 0 radical (unpaired) electrons. The van der Waals surface area contributed by atoms with E-state index in [1.165, 1.54) is 24.3 Å². The molecule has 6 heteroatoms. The molecule has 0 saturated carbocycles. The monoisotopic (exact) mass is 214 g/mol. The lowest BCUT2D eigenvalue weighted by Crippen LogP contribution is -2.14. The van der Waals surface area contributed by atoms with E-state index in [0.29, 0.717) is 5.56 Å². The van der Waals surface area contributed by atoms with Crippen LogP contribution in [0.4, 0.5) is 5.69 Å².